The van der Waals surface area contributed by atoms with E-state index in [2.05, 4.69) is 24.3 Å². The van der Waals surface area contributed by atoms with Gasteiger partial charge in [-0.15, -0.1) is 0 Å². The van der Waals surface area contributed by atoms with Crippen molar-refractivity contribution in [1.29, 1.82) is 0 Å². The normalized spacial score (nSPS) is 10.4. The van der Waals surface area contributed by atoms with Gasteiger partial charge in [-0.2, -0.15) is 0 Å². The van der Waals surface area contributed by atoms with Crippen LogP contribution in [0.1, 0.15) is 21.5 Å². The van der Waals surface area contributed by atoms with Crippen LogP contribution in [-0.2, 0) is 17.6 Å². The zero-order chi connectivity index (χ0) is 21.2. The van der Waals surface area contributed by atoms with E-state index in [0.717, 1.165) is 12.8 Å². The first-order valence-corrected chi connectivity index (χ1v) is 9.93. The maximum absolute atomic E-state index is 13.2. The number of benzene rings is 3. The van der Waals surface area contributed by atoms with Gasteiger partial charge in [0, 0.05) is 18.7 Å². The molecule has 5 nitrogen and oxygen atoms in total. The minimum atomic E-state index is -1.06. The molecule has 0 saturated heterocycles. The Morgan fingerprint density at radius 2 is 1.33 bits per heavy atom. The maximum atomic E-state index is 13.2. The van der Waals surface area contributed by atoms with E-state index in [1.807, 2.05) is 41.3 Å². The van der Waals surface area contributed by atoms with Crippen molar-refractivity contribution >= 4 is 11.9 Å². The number of carboxylic acid groups (broad SMARTS) is 1. The van der Waals surface area contributed by atoms with Gasteiger partial charge in [0.15, 0.2) is 6.61 Å². The molecule has 0 atom stereocenters. The number of hydrogen-bond donors (Lipinski definition) is 1. The molecule has 1 N–H and O–H groups in total. The molecule has 3 aromatic carbocycles. The number of hydrogen-bond acceptors (Lipinski definition) is 3. The number of ether oxygens (including phenoxy) is 1. The Hall–Kier alpha value is -3.60. The highest BCUT2D eigenvalue weighted by molar-refractivity contribution is 5.94. The van der Waals surface area contributed by atoms with Gasteiger partial charge in [-0.1, -0.05) is 66.7 Å². The third-order valence-electron chi connectivity index (χ3n) is 4.76. The van der Waals surface area contributed by atoms with Gasteiger partial charge in [-0.25, -0.2) is 4.79 Å². The average Bonchev–Trinajstić information content (AvgIpc) is 2.79. The van der Waals surface area contributed by atoms with E-state index in [0.29, 0.717) is 24.4 Å². The fourth-order valence-electron chi connectivity index (χ4n) is 3.18. The second-order valence-electron chi connectivity index (χ2n) is 6.97. The van der Waals surface area contributed by atoms with Crippen molar-refractivity contribution < 1.29 is 19.4 Å². The Balaban J connectivity index is 1.73. The van der Waals surface area contributed by atoms with Gasteiger partial charge < -0.3 is 14.7 Å². The summed E-state index contributed by atoms with van der Waals surface area (Å²) >= 11 is 0. The molecule has 0 spiro atoms. The average molecular weight is 403 g/mol. The van der Waals surface area contributed by atoms with Crippen LogP contribution in [0.3, 0.4) is 0 Å². The summed E-state index contributed by atoms with van der Waals surface area (Å²) in [7, 11) is 0. The summed E-state index contributed by atoms with van der Waals surface area (Å²) in [6.45, 7) is 0.745. The van der Waals surface area contributed by atoms with Crippen LogP contribution in [0.5, 0.6) is 5.75 Å². The van der Waals surface area contributed by atoms with Crippen molar-refractivity contribution in [3.63, 3.8) is 0 Å². The fourth-order valence-corrected chi connectivity index (χ4v) is 3.18. The first-order valence-electron chi connectivity index (χ1n) is 9.93. The number of carboxylic acids is 1. The predicted molar refractivity (Wildman–Crippen MR) is 116 cm³/mol. The molecule has 0 heterocycles. The Labute approximate surface area is 176 Å². The number of nitrogens with zero attached hydrogens (tertiary/aromatic N) is 1. The first-order chi connectivity index (χ1) is 14.6. The lowest BCUT2D eigenvalue weighted by molar-refractivity contribution is -0.139. The quantitative estimate of drug-likeness (QED) is 0.554. The summed E-state index contributed by atoms with van der Waals surface area (Å²) in [5.74, 6) is -0.781. The summed E-state index contributed by atoms with van der Waals surface area (Å²) in [6.07, 6.45) is 1.52. The van der Waals surface area contributed by atoms with E-state index < -0.39 is 12.6 Å². The molecule has 1 amide bonds. The lowest BCUT2D eigenvalue weighted by Gasteiger charge is -2.23. The van der Waals surface area contributed by atoms with Crippen LogP contribution < -0.4 is 4.74 Å². The lowest BCUT2D eigenvalue weighted by atomic mass is 10.1. The molecule has 3 rings (SSSR count). The Bertz CT molecular complexity index is 914. The van der Waals surface area contributed by atoms with E-state index in [4.69, 9.17) is 9.84 Å². The van der Waals surface area contributed by atoms with E-state index in [1.54, 1.807) is 24.3 Å². The number of carbonyl (C=O) groups is 2. The molecule has 5 heteroatoms. The van der Waals surface area contributed by atoms with Crippen molar-refractivity contribution in [3.8, 4) is 5.75 Å². The van der Waals surface area contributed by atoms with Crippen LogP contribution in [0.25, 0.3) is 0 Å². The van der Waals surface area contributed by atoms with Gasteiger partial charge in [-0.3, -0.25) is 4.79 Å². The molecule has 0 fully saturated rings. The molecule has 0 aliphatic heterocycles. The predicted octanol–water partition coefficient (Wildman–Crippen LogP) is 4.08. The topological polar surface area (TPSA) is 66.8 Å². The van der Waals surface area contributed by atoms with E-state index >= 15 is 0 Å². The van der Waals surface area contributed by atoms with Crippen LogP contribution in [-0.4, -0.2) is 41.6 Å². The zero-order valence-electron chi connectivity index (χ0n) is 16.7. The summed E-state index contributed by atoms with van der Waals surface area (Å²) in [5, 5.41) is 8.80. The zero-order valence-corrected chi connectivity index (χ0v) is 16.7. The summed E-state index contributed by atoms with van der Waals surface area (Å²) in [6, 6.07) is 26.8. The second kappa shape index (κ2) is 10.8. The van der Waals surface area contributed by atoms with Crippen LogP contribution in [0.2, 0.25) is 0 Å². The van der Waals surface area contributed by atoms with Crippen molar-refractivity contribution in [1.82, 2.24) is 4.90 Å². The van der Waals surface area contributed by atoms with Crippen molar-refractivity contribution in [2.24, 2.45) is 0 Å². The third-order valence-corrected chi connectivity index (χ3v) is 4.76. The standard InChI is InChI=1S/C25H25NO4/c27-24(28)19-30-23-13-7-12-22(18-23)25(29)26(16-14-20-8-3-1-4-9-20)17-15-21-10-5-2-6-11-21/h1-13,18H,14-17,19H2,(H,27,28). The van der Waals surface area contributed by atoms with E-state index in [1.165, 1.54) is 11.1 Å². The van der Waals surface area contributed by atoms with E-state index in [-0.39, 0.29) is 5.91 Å². The van der Waals surface area contributed by atoms with Gasteiger partial charge in [0.1, 0.15) is 5.75 Å². The molecule has 0 unspecified atom stereocenters. The van der Waals surface area contributed by atoms with Crippen LogP contribution in [0.15, 0.2) is 84.9 Å². The smallest absolute Gasteiger partial charge is 0.341 e. The highest BCUT2D eigenvalue weighted by Crippen LogP contribution is 2.16. The monoisotopic (exact) mass is 403 g/mol. The molecule has 0 aromatic heterocycles. The molecule has 0 bridgehead atoms. The van der Waals surface area contributed by atoms with Gasteiger partial charge in [0.2, 0.25) is 0 Å². The fraction of sp³-hybridized carbons (Fsp3) is 0.200. The number of amides is 1. The largest absolute Gasteiger partial charge is 0.482 e. The van der Waals surface area contributed by atoms with Crippen LogP contribution in [0.4, 0.5) is 0 Å². The molecule has 0 aliphatic rings. The molecule has 0 saturated carbocycles. The molecule has 154 valence electrons. The molecular formula is C25H25NO4. The highest BCUT2D eigenvalue weighted by Gasteiger charge is 2.17. The molecule has 0 radical (unpaired) electrons. The molecular weight excluding hydrogens is 378 g/mol. The van der Waals surface area contributed by atoms with Crippen molar-refractivity contribution in [2.75, 3.05) is 19.7 Å². The SMILES string of the molecule is O=C(O)COc1cccc(C(=O)N(CCc2ccccc2)CCc2ccccc2)c1. The maximum Gasteiger partial charge on any atom is 0.341 e. The Morgan fingerprint density at radius 1 is 0.767 bits per heavy atom. The Morgan fingerprint density at radius 3 is 1.87 bits per heavy atom. The van der Waals surface area contributed by atoms with Crippen LogP contribution >= 0.6 is 0 Å². The number of rotatable bonds is 10. The molecule has 0 aliphatic carbocycles. The van der Waals surface area contributed by atoms with Gasteiger partial charge in [-0.05, 0) is 42.2 Å². The number of carbonyl (C=O) groups excluding carboxylic acids is 1. The van der Waals surface area contributed by atoms with Gasteiger partial charge >= 0.3 is 5.97 Å². The second-order valence-corrected chi connectivity index (χ2v) is 6.97. The van der Waals surface area contributed by atoms with Gasteiger partial charge in [0.25, 0.3) is 5.91 Å². The summed E-state index contributed by atoms with van der Waals surface area (Å²) < 4.78 is 5.23. The summed E-state index contributed by atoms with van der Waals surface area (Å²) in [5.41, 5.74) is 2.83. The highest BCUT2D eigenvalue weighted by atomic mass is 16.5. The minimum Gasteiger partial charge on any atom is -0.482 e. The van der Waals surface area contributed by atoms with Crippen LogP contribution in [0, 0.1) is 0 Å². The van der Waals surface area contributed by atoms with Gasteiger partial charge in [0.05, 0.1) is 0 Å². The third kappa shape index (κ3) is 6.48. The summed E-state index contributed by atoms with van der Waals surface area (Å²) in [4.78, 5) is 25.8. The molecule has 30 heavy (non-hydrogen) atoms. The van der Waals surface area contributed by atoms with E-state index in [9.17, 15) is 9.59 Å². The molecule has 3 aromatic rings. The Kier molecular flexibility index (Phi) is 7.61. The minimum absolute atomic E-state index is 0.0948. The first kappa shape index (κ1) is 21.1. The van der Waals surface area contributed by atoms with Crippen molar-refractivity contribution in [3.05, 3.63) is 102 Å². The lowest BCUT2D eigenvalue weighted by Crippen LogP contribution is -2.34. The number of aliphatic carboxylic acids is 1. The van der Waals surface area contributed by atoms with Crippen molar-refractivity contribution in [2.45, 2.75) is 12.8 Å².